The Balaban J connectivity index is 1.85. The van der Waals surface area contributed by atoms with Crippen LogP contribution in [0.2, 0.25) is 0 Å². The highest BCUT2D eigenvalue weighted by Gasteiger charge is 2.25. The first-order valence-electron chi connectivity index (χ1n) is 7.02. The van der Waals surface area contributed by atoms with Crippen molar-refractivity contribution in [3.63, 3.8) is 0 Å². The maximum atomic E-state index is 12.6. The largest absolute Gasteiger partial charge is 0.331 e. The van der Waals surface area contributed by atoms with E-state index < -0.39 is 0 Å². The first kappa shape index (κ1) is 14.5. The smallest absolute Gasteiger partial charge is 0.254 e. The molecule has 0 bridgehead atoms. The zero-order valence-electron chi connectivity index (χ0n) is 12.1. The van der Waals surface area contributed by atoms with Gasteiger partial charge in [-0.3, -0.25) is 4.79 Å². The Hall–Kier alpha value is -1.44. The molecule has 1 aliphatic rings. The highest BCUT2D eigenvalue weighted by Crippen LogP contribution is 2.22. The molecule has 3 rings (SSSR count). The molecular formula is C15H17IN4O. The van der Waals surface area contributed by atoms with Gasteiger partial charge in [0.05, 0.1) is 6.54 Å². The first-order valence-corrected chi connectivity index (χ1v) is 8.10. The summed E-state index contributed by atoms with van der Waals surface area (Å²) in [5.41, 5.74) is 1.96. The van der Waals surface area contributed by atoms with E-state index >= 15 is 0 Å². The molecule has 5 nitrogen and oxygen atoms in total. The van der Waals surface area contributed by atoms with Crippen LogP contribution in [0.5, 0.6) is 0 Å². The predicted octanol–water partition coefficient (Wildman–Crippen LogP) is 2.66. The van der Waals surface area contributed by atoms with Gasteiger partial charge >= 0.3 is 0 Å². The predicted molar refractivity (Wildman–Crippen MR) is 88.0 cm³/mol. The fourth-order valence-electron chi connectivity index (χ4n) is 2.63. The Morgan fingerprint density at radius 2 is 2.19 bits per heavy atom. The van der Waals surface area contributed by atoms with E-state index in [1.165, 1.54) is 0 Å². The number of nitrogens with zero attached hydrogens (tertiary/aromatic N) is 4. The summed E-state index contributed by atoms with van der Waals surface area (Å²) in [6.45, 7) is 5.38. The number of aromatic nitrogens is 3. The van der Waals surface area contributed by atoms with Crippen molar-refractivity contribution in [1.29, 1.82) is 0 Å². The van der Waals surface area contributed by atoms with Crippen molar-refractivity contribution in [1.82, 2.24) is 19.7 Å². The van der Waals surface area contributed by atoms with Crippen LogP contribution in [0.1, 0.15) is 41.6 Å². The lowest BCUT2D eigenvalue weighted by molar-refractivity contribution is 0.0719. The standard InChI is InChI=1S/C15H17IN4O/c1-10(2)20-14(17-9-18-20)8-19-6-5-11-3-4-12(16)7-13(11)15(19)21/h3-4,7,9-10H,5-6,8H2,1-2H3. The van der Waals surface area contributed by atoms with E-state index in [0.717, 1.165) is 33.5 Å². The number of amides is 1. The zero-order chi connectivity index (χ0) is 15.0. The van der Waals surface area contributed by atoms with Crippen molar-refractivity contribution in [2.24, 2.45) is 0 Å². The summed E-state index contributed by atoms with van der Waals surface area (Å²) in [6.07, 6.45) is 2.45. The molecule has 0 N–H and O–H groups in total. The maximum Gasteiger partial charge on any atom is 0.254 e. The summed E-state index contributed by atoms with van der Waals surface area (Å²) in [5.74, 6) is 0.931. The average Bonchev–Trinajstić information content (AvgIpc) is 2.91. The van der Waals surface area contributed by atoms with Gasteiger partial charge < -0.3 is 4.90 Å². The van der Waals surface area contributed by atoms with Crippen molar-refractivity contribution in [2.75, 3.05) is 6.54 Å². The number of fused-ring (bicyclic) bond motifs is 1. The minimum absolute atomic E-state index is 0.0908. The third-order valence-electron chi connectivity index (χ3n) is 3.71. The lowest BCUT2D eigenvalue weighted by atomic mass is 9.99. The Morgan fingerprint density at radius 3 is 2.95 bits per heavy atom. The quantitative estimate of drug-likeness (QED) is 0.750. The van der Waals surface area contributed by atoms with E-state index in [4.69, 9.17) is 0 Å². The van der Waals surface area contributed by atoms with Crippen LogP contribution in [0, 0.1) is 3.57 Å². The van der Waals surface area contributed by atoms with Gasteiger partial charge in [-0.05, 0) is 60.6 Å². The molecule has 21 heavy (non-hydrogen) atoms. The molecule has 1 aromatic heterocycles. The van der Waals surface area contributed by atoms with E-state index in [1.54, 1.807) is 6.33 Å². The van der Waals surface area contributed by atoms with Crippen LogP contribution in [0.3, 0.4) is 0 Å². The molecule has 0 unspecified atom stereocenters. The summed E-state index contributed by atoms with van der Waals surface area (Å²) in [4.78, 5) is 18.8. The van der Waals surface area contributed by atoms with Crippen molar-refractivity contribution in [3.05, 3.63) is 45.0 Å². The van der Waals surface area contributed by atoms with Gasteiger partial charge in [-0.15, -0.1) is 0 Å². The number of hydrogen-bond acceptors (Lipinski definition) is 3. The fraction of sp³-hybridized carbons (Fsp3) is 0.400. The molecule has 1 aromatic carbocycles. The van der Waals surface area contributed by atoms with Crippen LogP contribution in [-0.4, -0.2) is 32.1 Å². The lowest BCUT2D eigenvalue weighted by Crippen LogP contribution is -2.38. The minimum Gasteiger partial charge on any atom is -0.331 e. The second-order valence-electron chi connectivity index (χ2n) is 5.49. The van der Waals surface area contributed by atoms with Gasteiger partial charge in [0.2, 0.25) is 0 Å². The summed E-state index contributed by atoms with van der Waals surface area (Å²) in [6, 6.07) is 6.33. The number of benzene rings is 1. The van der Waals surface area contributed by atoms with E-state index in [2.05, 4.69) is 58.7 Å². The summed E-state index contributed by atoms with van der Waals surface area (Å²) in [7, 11) is 0. The van der Waals surface area contributed by atoms with Gasteiger partial charge in [-0.2, -0.15) is 5.10 Å². The molecule has 0 saturated heterocycles. The molecule has 1 aliphatic heterocycles. The second-order valence-corrected chi connectivity index (χ2v) is 6.74. The van der Waals surface area contributed by atoms with Gasteiger partial charge in [0.25, 0.3) is 5.91 Å². The van der Waals surface area contributed by atoms with Gasteiger partial charge in [0.15, 0.2) is 0 Å². The molecule has 0 radical (unpaired) electrons. The molecule has 2 aromatic rings. The zero-order valence-corrected chi connectivity index (χ0v) is 14.2. The molecule has 0 fully saturated rings. The van der Waals surface area contributed by atoms with Crippen molar-refractivity contribution >= 4 is 28.5 Å². The average molecular weight is 396 g/mol. The molecule has 0 aliphatic carbocycles. The maximum absolute atomic E-state index is 12.6. The number of carbonyl (C=O) groups is 1. The van der Waals surface area contributed by atoms with Crippen molar-refractivity contribution in [2.45, 2.75) is 32.9 Å². The molecule has 2 heterocycles. The number of rotatable bonds is 3. The minimum atomic E-state index is 0.0908. The number of halogens is 1. The molecular weight excluding hydrogens is 379 g/mol. The molecule has 0 spiro atoms. The Kier molecular flexibility index (Phi) is 3.97. The van der Waals surface area contributed by atoms with E-state index in [9.17, 15) is 4.79 Å². The molecule has 110 valence electrons. The normalized spacial score (nSPS) is 14.7. The number of carbonyl (C=O) groups excluding carboxylic acids is 1. The van der Waals surface area contributed by atoms with Gasteiger partial charge in [-0.1, -0.05) is 6.07 Å². The van der Waals surface area contributed by atoms with E-state index in [-0.39, 0.29) is 11.9 Å². The molecule has 6 heteroatoms. The third-order valence-corrected chi connectivity index (χ3v) is 4.38. The van der Waals surface area contributed by atoms with E-state index in [1.807, 2.05) is 15.6 Å². The van der Waals surface area contributed by atoms with Gasteiger partial charge in [-0.25, -0.2) is 9.67 Å². The molecule has 1 amide bonds. The van der Waals surface area contributed by atoms with Crippen LogP contribution in [0.4, 0.5) is 0 Å². The van der Waals surface area contributed by atoms with Crippen LogP contribution >= 0.6 is 22.6 Å². The van der Waals surface area contributed by atoms with Crippen LogP contribution in [-0.2, 0) is 13.0 Å². The van der Waals surface area contributed by atoms with E-state index in [0.29, 0.717) is 6.54 Å². The SMILES string of the molecule is CC(C)n1ncnc1CN1CCc2ccc(I)cc2C1=O. The van der Waals surface area contributed by atoms with Crippen LogP contribution in [0.25, 0.3) is 0 Å². The Labute approximate surface area is 137 Å². The second kappa shape index (κ2) is 5.75. The van der Waals surface area contributed by atoms with Gasteiger partial charge in [0, 0.05) is 21.7 Å². The van der Waals surface area contributed by atoms with Crippen LogP contribution in [0.15, 0.2) is 24.5 Å². The third kappa shape index (κ3) is 2.81. The number of hydrogen-bond donors (Lipinski definition) is 0. The Morgan fingerprint density at radius 1 is 1.38 bits per heavy atom. The topological polar surface area (TPSA) is 51.0 Å². The van der Waals surface area contributed by atoms with Crippen LogP contribution < -0.4 is 0 Å². The highest BCUT2D eigenvalue weighted by atomic mass is 127. The van der Waals surface area contributed by atoms with Crippen molar-refractivity contribution in [3.8, 4) is 0 Å². The first-order chi connectivity index (χ1) is 10.1. The summed E-state index contributed by atoms with van der Waals surface area (Å²) >= 11 is 2.24. The summed E-state index contributed by atoms with van der Waals surface area (Å²) < 4.78 is 2.96. The molecule has 0 saturated carbocycles. The highest BCUT2D eigenvalue weighted by molar-refractivity contribution is 14.1. The fourth-order valence-corrected chi connectivity index (χ4v) is 3.12. The monoisotopic (exact) mass is 396 g/mol. The summed E-state index contributed by atoms with van der Waals surface area (Å²) in [5, 5.41) is 4.23. The Bertz CT molecular complexity index is 680. The van der Waals surface area contributed by atoms with Gasteiger partial charge in [0.1, 0.15) is 12.2 Å². The van der Waals surface area contributed by atoms with Crippen molar-refractivity contribution < 1.29 is 4.79 Å². The molecule has 0 atom stereocenters. The lowest BCUT2D eigenvalue weighted by Gasteiger charge is -2.28.